The lowest BCUT2D eigenvalue weighted by atomic mass is 9.90. The maximum Gasteiger partial charge on any atom is 0.244 e. The summed E-state index contributed by atoms with van der Waals surface area (Å²) in [5.41, 5.74) is 5.63. The number of pyridine rings is 1. The zero-order valence-electron chi connectivity index (χ0n) is 10.6. The smallest absolute Gasteiger partial charge is 0.244 e. The third kappa shape index (κ3) is 3.90. The van der Waals surface area contributed by atoms with Crippen molar-refractivity contribution in [2.45, 2.75) is 37.0 Å². The standard InChI is InChI=1S/C12H18BrN3O2S/c13-10-6-11(12(14)15-8-10)19(17,18)16-7-9-4-2-1-3-5-9/h6,8-9,16H,1-5,7H2,(H2,14,15). The molecule has 1 heterocycles. The van der Waals surface area contributed by atoms with Crippen molar-refractivity contribution < 1.29 is 8.42 Å². The number of nitrogens with one attached hydrogen (secondary N) is 1. The van der Waals surface area contributed by atoms with Gasteiger partial charge in [-0.1, -0.05) is 19.3 Å². The fourth-order valence-electron chi connectivity index (χ4n) is 2.34. The van der Waals surface area contributed by atoms with Crippen LogP contribution in [0.15, 0.2) is 21.6 Å². The number of hydrogen-bond donors (Lipinski definition) is 2. The van der Waals surface area contributed by atoms with Crippen LogP contribution in [0.1, 0.15) is 32.1 Å². The van der Waals surface area contributed by atoms with Crippen LogP contribution in [0.4, 0.5) is 5.82 Å². The van der Waals surface area contributed by atoms with Gasteiger partial charge in [-0.2, -0.15) is 0 Å². The molecule has 0 spiro atoms. The van der Waals surface area contributed by atoms with Crippen molar-refractivity contribution >= 4 is 31.8 Å². The van der Waals surface area contributed by atoms with E-state index >= 15 is 0 Å². The Bertz CT molecular complexity index is 542. The summed E-state index contributed by atoms with van der Waals surface area (Å²) < 4.78 is 27.6. The number of rotatable bonds is 4. The molecule has 0 aliphatic heterocycles. The van der Waals surface area contributed by atoms with E-state index in [0.29, 0.717) is 16.9 Å². The zero-order valence-corrected chi connectivity index (χ0v) is 13.0. The molecule has 0 amide bonds. The van der Waals surface area contributed by atoms with Crippen LogP contribution in [0.25, 0.3) is 0 Å². The third-order valence-corrected chi connectivity index (χ3v) is 5.31. The Morgan fingerprint density at radius 1 is 1.37 bits per heavy atom. The Labute approximate surface area is 122 Å². The molecule has 1 aliphatic carbocycles. The van der Waals surface area contributed by atoms with E-state index in [1.807, 2.05) is 0 Å². The molecule has 1 fully saturated rings. The number of halogens is 1. The van der Waals surface area contributed by atoms with Crippen molar-refractivity contribution in [2.24, 2.45) is 5.92 Å². The minimum absolute atomic E-state index is 0.0272. The molecule has 0 unspecified atom stereocenters. The Morgan fingerprint density at radius 2 is 2.05 bits per heavy atom. The summed E-state index contributed by atoms with van der Waals surface area (Å²) in [7, 11) is -3.58. The van der Waals surface area contributed by atoms with Crippen molar-refractivity contribution in [1.82, 2.24) is 9.71 Å². The predicted octanol–water partition coefficient (Wildman–Crippen LogP) is 2.28. The lowest BCUT2D eigenvalue weighted by Gasteiger charge is -2.21. The highest BCUT2D eigenvalue weighted by Gasteiger charge is 2.21. The Kier molecular flexibility index (Phi) is 4.81. The number of anilines is 1. The fourth-order valence-corrected chi connectivity index (χ4v) is 4.05. The third-order valence-electron chi connectivity index (χ3n) is 3.42. The lowest BCUT2D eigenvalue weighted by molar-refractivity contribution is 0.357. The maximum absolute atomic E-state index is 12.2. The first-order valence-electron chi connectivity index (χ1n) is 6.40. The van der Waals surface area contributed by atoms with Gasteiger partial charge in [0.1, 0.15) is 10.7 Å². The Hall–Kier alpha value is -0.660. The summed E-state index contributed by atoms with van der Waals surface area (Å²) in [5, 5.41) is 0. The van der Waals surface area contributed by atoms with E-state index in [2.05, 4.69) is 25.6 Å². The van der Waals surface area contributed by atoms with Gasteiger partial charge in [-0.05, 0) is 40.8 Å². The Morgan fingerprint density at radius 3 is 2.74 bits per heavy atom. The molecule has 1 aliphatic rings. The number of nitrogens with zero attached hydrogens (tertiary/aromatic N) is 1. The van der Waals surface area contributed by atoms with Gasteiger partial charge in [0.25, 0.3) is 0 Å². The molecule has 0 radical (unpaired) electrons. The van der Waals surface area contributed by atoms with Crippen molar-refractivity contribution in [3.8, 4) is 0 Å². The molecule has 19 heavy (non-hydrogen) atoms. The maximum atomic E-state index is 12.2. The molecule has 1 saturated carbocycles. The monoisotopic (exact) mass is 347 g/mol. The van der Waals surface area contributed by atoms with Crippen LogP contribution >= 0.6 is 15.9 Å². The average Bonchev–Trinajstić information content (AvgIpc) is 2.40. The number of hydrogen-bond acceptors (Lipinski definition) is 4. The zero-order chi connectivity index (χ0) is 13.9. The van der Waals surface area contributed by atoms with Crippen LogP contribution in [-0.2, 0) is 10.0 Å². The summed E-state index contributed by atoms with van der Waals surface area (Å²) in [5.74, 6) is 0.462. The lowest BCUT2D eigenvalue weighted by Crippen LogP contribution is -2.31. The Balaban J connectivity index is 2.07. The topological polar surface area (TPSA) is 85.1 Å². The molecule has 5 nitrogen and oxygen atoms in total. The van der Waals surface area contributed by atoms with Crippen molar-refractivity contribution in [3.05, 3.63) is 16.7 Å². The van der Waals surface area contributed by atoms with Crippen molar-refractivity contribution in [2.75, 3.05) is 12.3 Å². The van der Waals surface area contributed by atoms with Gasteiger partial charge in [-0.25, -0.2) is 18.1 Å². The first-order valence-corrected chi connectivity index (χ1v) is 8.67. The average molecular weight is 348 g/mol. The minimum Gasteiger partial charge on any atom is -0.383 e. The van der Waals surface area contributed by atoms with Crippen molar-refractivity contribution in [3.63, 3.8) is 0 Å². The first-order chi connectivity index (χ1) is 8.99. The second-order valence-corrected chi connectivity index (χ2v) is 7.54. The molecule has 1 aromatic heterocycles. The molecule has 0 saturated heterocycles. The fraction of sp³-hybridized carbons (Fsp3) is 0.583. The molecule has 0 bridgehead atoms. The second kappa shape index (κ2) is 6.19. The van der Waals surface area contributed by atoms with E-state index < -0.39 is 10.0 Å². The van der Waals surface area contributed by atoms with Crippen LogP contribution in [0.5, 0.6) is 0 Å². The summed E-state index contributed by atoms with van der Waals surface area (Å²) in [4.78, 5) is 3.89. The van der Waals surface area contributed by atoms with E-state index in [4.69, 9.17) is 5.73 Å². The number of nitrogen functional groups attached to an aromatic ring is 1. The van der Waals surface area contributed by atoms with E-state index in [9.17, 15) is 8.42 Å². The SMILES string of the molecule is Nc1ncc(Br)cc1S(=O)(=O)NCC1CCCCC1. The second-order valence-electron chi connectivity index (χ2n) is 4.89. The largest absolute Gasteiger partial charge is 0.383 e. The normalized spacial score (nSPS) is 17.5. The van der Waals surface area contributed by atoms with Crippen molar-refractivity contribution in [1.29, 1.82) is 0 Å². The van der Waals surface area contributed by atoms with Crippen LogP contribution in [0, 0.1) is 5.92 Å². The van der Waals surface area contributed by atoms with E-state index in [0.717, 1.165) is 12.8 Å². The van der Waals surface area contributed by atoms with Crippen LogP contribution < -0.4 is 10.5 Å². The van der Waals surface area contributed by atoms with Gasteiger partial charge >= 0.3 is 0 Å². The first kappa shape index (κ1) is 14.7. The molecular weight excluding hydrogens is 330 g/mol. The highest BCUT2D eigenvalue weighted by molar-refractivity contribution is 9.10. The summed E-state index contributed by atoms with van der Waals surface area (Å²) in [6, 6.07) is 1.48. The predicted molar refractivity (Wildman–Crippen MR) is 78.1 cm³/mol. The number of sulfonamides is 1. The summed E-state index contributed by atoms with van der Waals surface area (Å²) in [6.45, 7) is 0.480. The van der Waals surface area contributed by atoms with Gasteiger partial charge in [-0.3, -0.25) is 0 Å². The minimum atomic E-state index is -3.58. The van der Waals surface area contributed by atoms with Gasteiger partial charge in [0.2, 0.25) is 10.0 Å². The highest BCUT2D eigenvalue weighted by Crippen LogP contribution is 2.24. The van der Waals surface area contributed by atoms with E-state index in [1.165, 1.54) is 31.5 Å². The number of nitrogens with two attached hydrogens (primary N) is 1. The van der Waals surface area contributed by atoms with Crippen LogP contribution in [0.3, 0.4) is 0 Å². The van der Waals surface area contributed by atoms with E-state index in [-0.39, 0.29) is 10.7 Å². The molecule has 7 heteroatoms. The molecule has 1 aromatic rings. The van der Waals surface area contributed by atoms with Gasteiger partial charge in [0, 0.05) is 17.2 Å². The molecule has 106 valence electrons. The van der Waals surface area contributed by atoms with Gasteiger partial charge in [0.05, 0.1) is 0 Å². The van der Waals surface area contributed by atoms with Crippen LogP contribution in [0.2, 0.25) is 0 Å². The molecule has 0 aromatic carbocycles. The number of aromatic nitrogens is 1. The van der Waals surface area contributed by atoms with Gasteiger partial charge in [0.15, 0.2) is 0 Å². The molecule has 2 rings (SSSR count). The van der Waals surface area contributed by atoms with E-state index in [1.54, 1.807) is 0 Å². The quantitative estimate of drug-likeness (QED) is 0.874. The van der Waals surface area contributed by atoms with Crippen LogP contribution in [-0.4, -0.2) is 19.9 Å². The molecule has 0 atom stereocenters. The molecular formula is C12H18BrN3O2S. The molecule has 3 N–H and O–H groups in total. The highest BCUT2D eigenvalue weighted by atomic mass is 79.9. The van der Waals surface area contributed by atoms with Gasteiger partial charge < -0.3 is 5.73 Å². The summed E-state index contributed by atoms with van der Waals surface area (Å²) >= 11 is 3.21. The summed E-state index contributed by atoms with van der Waals surface area (Å²) in [6.07, 6.45) is 7.30. The van der Waals surface area contributed by atoms with Gasteiger partial charge in [-0.15, -0.1) is 0 Å².